The van der Waals surface area contributed by atoms with Crippen molar-refractivity contribution in [1.82, 2.24) is 9.97 Å². The van der Waals surface area contributed by atoms with Crippen LogP contribution in [0, 0.1) is 6.92 Å². The molecule has 0 aliphatic heterocycles. The van der Waals surface area contributed by atoms with Gasteiger partial charge in [-0.05, 0) is 62.6 Å². The summed E-state index contributed by atoms with van der Waals surface area (Å²) < 4.78 is 0. The van der Waals surface area contributed by atoms with Crippen LogP contribution in [-0.4, -0.2) is 21.6 Å². The lowest BCUT2D eigenvalue weighted by atomic mass is 10.1. The quantitative estimate of drug-likeness (QED) is 0.265. The first-order valence-electron chi connectivity index (χ1n) is 12.0. The minimum Gasteiger partial charge on any atom is -0.504 e. The lowest BCUT2D eigenvalue weighted by Gasteiger charge is -2.27. The zero-order chi connectivity index (χ0) is 24.8. The minimum absolute atomic E-state index is 0.0303. The van der Waals surface area contributed by atoms with Crippen LogP contribution in [0.25, 0.3) is 11.1 Å². The van der Waals surface area contributed by atoms with E-state index in [1.807, 2.05) is 80.6 Å². The van der Waals surface area contributed by atoms with Crippen LogP contribution in [0.5, 0.6) is 5.75 Å². The SMILES string of the molecule is CCCCc1[nH]c(=O)c(Sc2ccc(-c3cccnc3C)cc2)c(O)c1N(CC)c1ccccc1. The number of aromatic nitrogens is 2. The van der Waals surface area contributed by atoms with E-state index in [1.165, 1.54) is 11.8 Å². The Hall–Kier alpha value is -3.51. The van der Waals surface area contributed by atoms with Gasteiger partial charge in [0.15, 0.2) is 5.75 Å². The number of hydrogen-bond acceptors (Lipinski definition) is 5. The third kappa shape index (κ3) is 5.43. The van der Waals surface area contributed by atoms with E-state index in [-0.39, 0.29) is 11.3 Å². The smallest absolute Gasteiger partial charge is 0.266 e. The molecule has 0 atom stereocenters. The number of unbranched alkanes of at least 4 members (excludes halogenated alkanes) is 1. The first kappa shape index (κ1) is 24.6. The predicted molar refractivity (Wildman–Crippen MR) is 145 cm³/mol. The molecular formula is C29H31N3O2S. The van der Waals surface area contributed by atoms with E-state index in [0.717, 1.165) is 45.9 Å². The van der Waals surface area contributed by atoms with Gasteiger partial charge in [-0.15, -0.1) is 0 Å². The van der Waals surface area contributed by atoms with Crippen LogP contribution in [0.1, 0.15) is 38.1 Å². The lowest BCUT2D eigenvalue weighted by molar-refractivity contribution is 0.458. The predicted octanol–water partition coefficient (Wildman–Crippen LogP) is 7.10. The highest BCUT2D eigenvalue weighted by Gasteiger charge is 2.23. The molecular weight excluding hydrogens is 454 g/mol. The number of benzene rings is 2. The van der Waals surface area contributed by atoms with Gasteiger partial charge in [0.1, 0.15) is 10.6 Å². The van der Waals surface area contributed by atoms with Crippen LogP contribution in [0.15, 0.2) is 87.5 Å². The highest BCUT2D eigenvalue weighted by molar-refractivity contribution is 7.99. The number of aromatic amines is 1. The number of hydrogen-bond donors (Lipinski definition) is 2. The topological polar surface area (TPSA) is 69.2 Å². The summed E-state index contributed by atoms with van der Waals surface area (Å²) in [6.45, 7) is 6.82. The second kappa shape index (κ2) is 11.3. The van der Waals surface area contributed by atoms with E-state index in [0.29, 0.717) is 23.5 Å². The summed E-state index contributed by atoms with van der Waals surface area (Å²) in [6, 6.07) is 21.9. The lowest BCUT2D eigenvalue weighted by Crippen LogP contribution is -2.22. The van der Waals surface area contributed by atoms with Crippen molar-refractivity contribution in [2.75, 3.05) is 11.4 Å². The molecule has 0 aliphatic rings. The molecule has 0 aliphatic carbocycles. The fourth-order valence-electron chi connectivity index (χ4n) is 4.22. The van der Waals surface area contributed by atoms with Gasteiger partial charge < -0.3 is 15.0 Å². The van der Waals surface area contributed by atoms with Crippen LogP contribution < -0.4 is 10.5 Å². The Morgan fingerprint density at radius 1 is 1.00 bits per heavy atom. The summed E-state index contributed by atoms with van der Waals surface area (Å²) in [5, 5.41) is 11.5. The maximum Gasteiger partial charge on any atom is 0.266 e. The van der Waals surface area contributed by atoms with Gasteiger partial charge in [-0.2, -0.15) is 0 Å². The van der Waals surface area contributed by atoms with Gasteiger partial charge in [0.05, 0.1) is 0 Å². The van der Waals surface area contributed by atoms with Crippen LogP contribution in [0.4, 0.5) is 11.4 Å². The zero-order valence-electron chi connectivity index (χ0n) is 20.4. The molecule has 4 rings (SSSR count). The molecule has 4 aromatic rings. The van der Waals surface area contributed by atoms with Gasteiger partial charge in [0, 0.05) is 40.3 Å². The summed E-state index contributed by atoms with van der Waals surface area (Å²) in [5.41, 5.74) is 5.27. The number of nitrogens with zero attached hydrogens (tertiary/aromatic N) is 2. The molecule has 0 fully saturated rings. The van der Waals surface area contributed by atoms with Gasteiger partial charge in [-0.3, -0.25) is 9.78 Å². The molecule has 6 heteroatoms. The molecule has 5 nitrogen and oxygen atoms in total. The third-order valence-corrected chi connectivity index (χ3v) is 7.11. The summed E-state index contributed by atoms with van der Waals surface area (Å²) in [7, 11) is 0. The second-order valence-electron chi connectivity index (χ2n) is 8.41. The van der Waals surface area contributed by atoms with E-state index in [2.05, 4.69) is 21.8 Å². The number of rotatable bonds is 9. The first-order chi connectivity index (χ1) is 17.0. The summed E-state index contributed by atoms with van der Waals surface area (Å²) in [6.07, 6.45) is 4.41. The van der Waals surface area contributed by atoms with Crippen molar-refractivity contribution in [2.24, 2.45) is 0 Å². The fourth-order valence-corrected chi connectivity index (χ4v) is 5.06. The molecule has 0 bridgehead atoms. The van der Waals surface area contributed by atoms with Crippen LogP contribution >= 0.6 is 11.8 Å². The van der Waals surface area contributed by atoms with Gasteiger partial charge in [-0.1, -0.05) is 61.5 Å². The van der Waals surface area contributed by atoms with E-state index < -0.39 is 0 Å². The maximum absolute atomic E-state index is 13.1. The van der Waals surface area contributed by atoms with Gasteiger partial charge in [-0.25, -0.2) is 0 Å². The number of aromatic hydroxyl groups is 1. The zero-order valence-corrected chi connectivity index (χ0v) is 21.2. The Bertz CT molecular complexity index is 1330. The number of pyridine rings is 2. The van der Waals surface area contributed by atoms with Crippen molar-refractivity contribution in [1.29, 1.82) is 0 Å². The largest absolute Gasteiger partial charge is 0.504 e. The highest BCUT2D eigenvalue weighted by Crippen LogP contribution is 2.42. The Morgan fingerprint density at radius 3 is 2.40 bits per heavy atom. The summed E-state index contributed by atoms with van der Waals surface area (Å²) in [4.78, 5) is 23.8. The second-order valence-corrected chi connectivity index (χ2v) is 9.49. The molecule has 35 heavy (non-hydrogen) atoms. The average molecular weight is 486 g/mol. The molecule has 2 N–H and O–H groups in total. The molecule has 0 saturated carbocycles. The van der Waals surface area contributed by atoms with E-state index in [1.54, 1.807) is 6.20 Å². The van der Waals surface area contributed by atoms with Gasteiger partial charge in [0.25, 0.3) is 5.56 Å². The maximum atomic E-state index is 13.1. The van der Waals surface area contributed by atoms with Crippen LogP contribution in [0.3, 0.4) is 0 Å². The Balaban J connectivity index is 1.73. The van der Waals surface area contributed by atoms with Crippen LogP contribution in [0.2, 0.25) is 0 Å². The Kier molecular flexibility index (Phi) is 7.93. The molecule has 2 heterocycles. The molecule has 2 aromatic carbocycles. The Morgan fingerprint density at radius 2 is 1.74 bits per heavy atom. The van der Waals surface area contributed by atoms with Crippen molar-refractivity contribution in [3.05, 3.63) is 94.7 Å². The minimum atomic E-state index is -0.265. The summed E-state index contributed by atoms with van der Waals surface area (Å²) >= 11 is 1.28. The number of anilines is 2. The highest BCUT2D eigenvalue weighted by atomic mass is 32.2. The molecule has 0 saturated heterocycles. The van der Waals surface area contributed by atoms with E-state index >= 15 is 0 Å². The first-order valence-corrected chi connectivity index (χ1v) is 12.9. The molecule has 0 radical (unpaired) electrons. The summed E-state index contributed by atoms with van der Waals surface area (Å²) in [5.74, 6) is 0.0303. The van der Waals surface area contributed by atoms with E-state index in [4.69, 9.17) is 0 Å². The number of para-hydroxylation sites is 1. The Labute approximate surface area is 210 Å². The van der Waals surface area contributed by atoms with Crippen molar-refractivity contribution < 1.29 is 5.11 Å². The number of aryl methyl sites for hydroxylation is 2. The van der Waals surface area contributed by atoms with Crippen molar-refractivity contribution in [3.63, 3.8) is 0 Å². The molecule has 0 amide bonds. The number of nitrogens with one attached hydrogen (secondary N) is 1. The molecule has 2 aromatic heterocycles. The van der Waals surface area contributed by atoms with E-state index in [9.17, 15) is 9.90 Å². The van der Waals surface area contributed by atoms with Crippen molar-refractivity contribution in [2.45, 2.75) is 49.8 Å². The molecule has 0 unspecified atom stereocenters. The number of H-pyrrole nitrogens is 1. The standard InChI is InChI=1S/C29H31N3O2S/c1-4-6-14-25-26(32(5-2)22-11-8-7-9-12-22)27(33)28(29(34)31-25)35-23-17-15-21(16-18-23)24-13-10-19-30-20(24)3/h7-13,15-19H,4-6,14H2,1-3H3,(H2,31,33,34). The monoisotopic (exact) mass is 485 g/mol. The van der Waals surface area contributed by atoms with Gasteiger partial charge in [0.2, 0.25) is 0 Å². The molecule has 0 spiro atoms. The normalized spacial score (nSPS) is 10.9. The average Bonchev–Trinajstić information content (AvgIpc) is 2.88. The van der Waals surface area contributed by atoms with Crippen molar-refractivity contribution >= 4 is 23.1 Å². The van der Waals surface area contributed by atoms with Crippen molar-refractivity contribution in [3.8, 4) is 16.9 Å². The van der Waals surface area contributed by atoms with Gasteiger partial charge >= 0.3 is 0 Å². The third-order valence-electron chi connectivity index (χ3n) is 6.02. The fraction of sp³-hybridized carbons (Fsp3) is 0.241. The van der Waals surface area contributed by atoms with Crippen LogP contribution in [-0.2, 0) is 6.42 Å². The molecule has 180 valence electrons.